The molecule has 0 saturated carbocycles. The molecule has 3 aromatic rings. The number of fused-ring (bicyclic) bond motifs is 1. The number of aryl methyl sites for hydroxylation is 1. The molecule has 166 valence electrons. The van der Waals surface area contributed by atoms with Crippen LogP contribution in [-0.4, -0.2) is 26.2 Å². The number of rotatable bonds is 2. The van der Waals surface area contributed by atoms with Crippen molar-refractivity contribution in [1.82, 2.24) is 0 Å². The van der Waals surface area contributed by atoms with Gasteiger partial charge in [-0.05, 0) is 29.5 Å². The first-order chi connectivity index (χ1) is 15.0. The molecule has 0 unspecified atom stereocenters. The summed E-state index contributed by atoms with van der Waals surface area (Å²) >= 11 is 0. The van der Waals surface area contributed by atoms with Crippen LogP contribution in [0.15, 0.2) is 42.5 Å². The minimum Gasteiger partial charge on any atom is -0.508 e. The molecule has 0 saturated heterocycles. The molecule has 0 aliphatic carbocycles. The Hall–Kier alpha value is -3.67. The normalized spacial score (nSPS) is 15.9. The van der Waals surface area contributed by atoms with Crippen LogP contribution in [0.4, 0.5) is 0 Å². The van der Waals surface area contributed by atoms with Crippen LogP contribution in [0.3, 0.4) is 0 Å². The van der Waals surface area contributed by atoms with Crippen LogP contribution >= 0.6 is 0 Å². The molecule has 32 heavy (non-hydrogen) atoms. The highest BCUT2D eigenvalue weighted by Crippen LogP contribution is 2.46. The zero-order valence-electron chi connectivity index (χ0n) is 18.4. The molecule has 4 rings (SSSR count). The lowest BCUT2D eigenvalue weighted by Gasteiger charge is -2.28. The van der Waals surface area contributed by atoms with Gasteiger partial charge in [0.05, 0.1) is 6.42 Å². The van der Waals surface area contributed by atoms with Crippen molar-refractivity contribution in [2.75, 3.05) is 0 Å². The van der Waals surface area contributed by atoms with Gasteiger partial charge in [0.2, 0.25) is 0 Å². The summed E-state index contributed by atoms with van der Waals surface area (Å²) in [4.78, 5) is 12.7. The number of hydrogen-bond acceptors (Lipinski definition) is 6. The lowest BCUT2D eigenvalue weighted by Crippen LogP contribution is -2.20. The Balaban J connectivity index is 1.85. The fourth-order valence-corrected chi connectivity index (χ4v) is 4.20. The monoisotopic (exact) mass is 434 g/mol. The Morgan fingerprint density at radius 2 is 1.59 bits per heavy atom. The van der Waals surface area contributed by atoms with E-state index in [1.165, 1.54) is 12.1 Å². The molecular weight excluding hydrogens is 408 g/mol. The van der Waals surface area contributed by atoms with E-state index < -0.39 is 6.10 Å². The highest BCUT2D eigenvalue weighted by Gasteiger charge is 2.33. The molecule has 0 aromatic heterocycles. The second kappa shape index (κ2) is 7.48. The predicted molar refractivity (Wildman–Crippen MR) is 121 cm³/mol. The average molecular weight is 434 g/mol. The summed E-state index contributed by atoms with van der Waals surface area (Å²) in [7, 11) is 0. The maximum Gasteiger partial charge on any atom is 0.174 e. The number of phenols is 4. The number of aromatic hydroxyl groups is 4. The summed E-state index contributed by atoms with van der Waals surface area (Å²) in [5.41, 5.74) is 3.54. The van der Waals surface area contributed by atoms with Crippen LogP contribution < -0.4 is 4.74 Å². The molecule has 0 radical (unpaired) electrons. The SMILES string of the molecule is Cc1ccc(C(C)(C)C)c(-c2cc([C@@H]3CC(=O)c4c(O)cc(O)cc4O3)c(O)cc2O)c1. The highest BCUT2D eigenvalue weighted by molar-refractivity contribution is 6.02. The fourth-order valence-electron chi connectivity index (χ4n) is 4.20. The van der Waals surface area contributed by atoms with Crippen molar-refractivity contribution in [2.24, 2.45) is 0 Å². The molecule has 6 nitrogen and oxygen atoms in total. The van der Waals surface area contributed by atoms with E-state index in [2.05, 4.69) is 20.8 Å². The van der Waals surface area contributed by atoms with E-state index in [0.717, 1.165) is 22.8 Å². The molecule has 0 fully saturated rings. The van der Waals surface area contributed by atoms with Gasteiger partial charge in [0, 0.05) is 29.3 Å². The van der Waals surface area contributed by atoms with Crippen LogP contribution in [0.1, 0.15) is 60.3 Å². The van der Waals surface area contributed by atoms with Crippen molar-refractivity contribution < 1.29 is 30.0 Å². The summed E-state index contributed by atoms with van der Waals surface area (Å²) in [6.07, 6.45) is -0.957. The van der Waals surface area contributed by atoms with E-state index in [9.17, 15) is 25.2 Å². The maximum atomic E-state index is 12.7. The molecule has 4 N–H and O–H groups in total. The third kappa shape index (κ3) is 3.73. The van der Waals surface area contributed by atoms with Crippen molar-refractivity contribution in [3.63, 3.8) is 0 Å². The first kappa shape index (κ1) is 21.6. The zero-order chi connectivity index (χ0) is 23.4. The average Bonchev–Trinajstić information content (AvgIpc) is 2.66. The van der Waals surface area contributed by atoms with E-state index in [1.54, 1.807) is 6.07 Å². The third-order valence-electron chi connectivity index (χ3n) is 5.75. The van der Waals surface area contributed by atoms with E-state index in [-0.39, 0.29) is 51.9 Å². The summed E-state index contributed by atoms with van der Waals surface area (Å²) in [6.45, 7) is 8.21. The van der Waals surface area contributed by atoms with Crippen LogP contribution in [-0.2, 0) is 5.41 Å². The minimum absolute atomic E-state index is 0.00578. The van der Waals surface area contributed by atoms with Gasteiger partial charge >= 0.3 is 0 Å². The standard InChI is InChI=1S/C26H26O6/c1-13-5-6-18(26(2,3)4)15(7-13)16-10-17(20(29)11-19(16)28)23-12-22(31)25-21(30)8-14(27)9-24(25)32-23/h5-11,23,27-30H,12H2,1-4H3/t23-/m0/s1. The molecule has 1 heterocycles. The lowest BCUT2D eigenvalue weighted by molar-refractivity contribution is 0.0842. The van der Waals surface area contributed by atoms with Gasteiger partial charge in [-0.1, -0.05) is 44.5 Å². The van der Waals surface area contributed by atoms with Gasteiger partial charge in [0.15, 0.2) is 5.78 Å². The van der Waals surface area contributed by atoms with Crippen molar-refractivity contribution in [2.45, 2.75) is 45.6 Å². The van der Waals surface area contributed by atoms with Gasteiger partial charge in [-0.25, -0.2) is 0 Å². The van der Waals surface area contributed by atoms with Gasteiger partial charge in [-0.15, -0.1) is 0 Å². The fraction of sp³-hybridized carbons (Fsp3) is 0.269. The molecule has 6 heteroatoms. The second-order valence-corrected chi connectivity index (χ2v) is 9.30. The zero-order valence-corrected chi connectivity index (χ0v) is 18.4. The van der Waals surface area contributed by atoms with Crippen molar-refractivity contribution in [3.05, 3.63) is 64.7 Å². The molecule has 1 aliphatic heterocycles. The number of ether oxygens (including phenoxy) is 1. The first-order valence-corrected chi connectivity index (χ1v) is 10.4. The summed E-state index contributed by atoms with van der Waals surface area (Å²) in [6, 6.07) is 11.3. The lowest BCUT2D eigenvalue weighted by atomic mass is 9.80. The quantitative estimate of drug-likeness (QED) is 0.425. The Morgan fingerprint density at radius 1 is 0.875 bits per heavy atom. The van der Waals surface area contributed by atoms with Crippen molar-refractivity contribution >= 4 is 5.78 Å². The van der Waals surface area contributed by atoms with Crippen LogP contribution in [0.25, 0.3) is 11.1 Å². The van der Waals surface area contributed by atoms with Gasteiger partial charge in [-0.3, -0.25) is 4.79 Å². The largest absolute Gasteiger partial charge is 0.508 e. The summed E-state index contributed by atoms with van der Waals surface area (Å²) < 4.78 is 5.90. The Bertz CT molecular complexity index is 1240. The summed E-state index contributed by atoms with van der Waals surface area (Å²) in [5.74, 6) is -1.20. The molecule has 0 spiro atoms. The Kier molecular flexibility index (Phi) is 5.04. The van der Waals surface area contributed by atoms with E-state index in [0.29, 0.717) is 11.1 Å². The van der Waals surface area contributed by atoms with E-state index >= 15 is 0 Å². The molecule has 1 aliphatic rings. The number of hydrogen-bond donors (Lipinski definition) is 4. The summed E-state index contributed by atoms with van der Waals surface area (Å²) in [5, 5.41) is 41.1. The molecule has 0 amide bonds. The molecule has 3 aromatic carbocycles. The van der Waals surface area contributed by atoms with Crippen LogP contribution in [0.2, 0.25) is 0 Å². The van der Waals surface area contributed by atoms with Gasteiger partial charge in [0.25, 0.3) is 0 Å². The Labute approximate surface area is 186 Å². The smallest absolute Gasteiger partial charge is 0.174 e. The van der Waals surface area contributed by atoms with Gasteiger partial charge in [-0.2, -0.15) is 0 Å². The van der Waals surface area contributed by atoms with Gasteiger partial charge in [0.1, 0.15) is 40.4 Å². The van der Waals surface area contributed by atoms with E-state index in [1.807, 2.05) is 25.1 Å². The number of carbonyl (C=O) groups excluding carboxylic acids is 1. The predicted octanol–water partition coefficient (Wildman–Crippen LogP) is 5.49. The molecular formula is C26H26O6. The molecule has 0 bridgehead atoms. The number of Topliss-reactive ketones (excluding diaryl/α,β-unsaturated/α-hetero) is 1. The highest BCUT2D eigenvalue weighted by atomic mass is 16.5. The van der Waals surface area contributed by atoms with E-state index in [4.69, 9.17) is 4.74 Å². The molecule has 1 atom stereocenters. The van der Waals surface area contributed by atoms with Crippen LogP contribution in [0.5, 0.6) is 28.7 Å². The number of carbonyl (C=O) groups is 1. The number of ketones is 1. The van der Waals surface area contributed by atoms with Crippen LogP contribution in [0, 0.1) is 6.92 Å². The first-order valence-electron chi connectivity index (χ1n) is 10.4. The topological polar surface area (TPSA) is 107 Å². The maximum absolute atomic E-state index is 12.7. The number of phenolic OH excluding ortho intramolecular Hbond substituents is 4. The van der Waals surface area contributed by atoms with Gasteiger partial charge < -0.3 is 25.2 Å². The van der Waals surface area contributed by atoms with Crippen molar-refractivity contribution in [3.8, 4) is 39.9 Å². The Morgan fingerprint density at radius 3 is 2.28 bits per heavy atom. The third-order valence-corrected chi connectivity index (χ3v) is 5.75. The minimum atomic E-state index is -0.849. The van der Waals surface area contributed by atoms with Crippen molar-refractivity contribution in [1.29, 1.82) is 0 Å². The number of benzene rings is 3. The second-order valence-electron chi connectivity index (χ2n) is 9.30.